The van der Waals surface area contributed by atoms with Gasteiger partial charge in [-0.05, 0) is 43.2 Å². The summed E-state index contributed by atoms with van der Waals surface area (Å²) in [5.74, 6) is -0.126. The van der Waals surface area contributed by atoms with Gasteiger partial charge >= 0.3 is 0 Å². The summed E-state index contributed by atoms with van der Waals surface area (Å²) in [7, 11) is 0. The average Bonchev–Trinajstić information content (AvgIpc) is 3.38. The maximum Gasteiger partial charge on any atom is 0.293 e. The van der Waals surface area contributed by atoms with Crippen molar-refractivity contribution in [2.45, 2.75) is 19.4 Å². The van der Waals surface area contributed by atoms with E-state index in [0.717, 1.165) is 31.5 Å². The molecule has 1 amide bonds. The first-order valence-electron chi connectivity index (χ1n) is 10.9. The number of rotatable bonds is 8. The fraction of sp³-hybridized carbons (Fsp3) is 0.200. The molecule has 3 aromatic rings. The van der Waals surface area contributed by atoms with E-state index in [1.165, 1.54) is 12.3 Å². The molecule has 1 aliphatic heterocycles. The number of nitrogens with one attached hydrogen (secondary N) is 1. The number of carbonyl (C=O) groups excluding carboxylic acids is 1. The first-order chi connectivity index (χ1) is 16.9. The van der Waals surface area contributed by atoms with Crippen molar-refractivity contribution < 1.29 is 14.5 Å². The van der Waals surface area contributed by atoms with Gasteiger partial charge in [0.15, 0.2) is 0 Å². The predicted octanol–water partition coefficient (Wildman–Crippen LogP) is 5.84. The average molecular weight is 513 g/mol. The molecular weight excluding hydrogens is 491 g/mol. The number of hydrogen-bond acceptors (Lipinski definition) is 6. The molecule has 0 spiro atoms. The van der Waals surface area contributed by atoms with E-state index in [-0.39, 0.29) is 17.9 Å². The second-order valence-corrected chi connectivity index (χ2v) is 8.76. The molecule has 10 heteroatoms. The Morgan fingerprint density at radius 3 is 2.63 bits per heavy atom. The smallest absolute Gasteiger partial charge is 0.293 e. The van der Waals surface area contributed by atoms with Gasteiger partial charge in [-0.2, -0.15) is 5.10 Å². The molecule has 8 nitrogen and oxygen atoms in total. The summed E-state index contributed by atoms with van der Waals surface area (Å²) in [5.41, 5.74) is 4.57. The highest BCUT2D eigenvalue weighted by atomic mass is 35.5. The van der Waals surface area contributed by atoms with E-state index >= 15 is 0 Å². The van der Waals surface area contributed by atoms with Gasteiger partial charge in [0.2, 0.25) is 0 Å². The van der Waals surface area contributed by atoms with Crippen LogP contribution in [0.25, 0.3) is 0 Å². The highest BCUT2D eigenvalue weighted by molar-refractivity contribution is 6.35. The maximum absolute atomic E-state index is 12.7. The van der Waals surface area contributed by atoms with Crippen LogP contribution in [-0.2, 0) is 6.61 Å². The minimum Gasteiger partial charge on any atom is -0.488 e. The molecule has 1 fully saturated rings. The lowest BCUT2D eigenvalue weighted by Crippen LogP contribution is -2.19. The van der Waals surface area contributed by atoms with Gasteiger partial charge in [0.1, 0.15) is 18.0 Å². The fourth-order valence-electron chi connectivity index (χ4n) is 3.79. The van der Waals surface area contributed by atoms with Crippen molar-refractivity contribution in [3.63, 3.8) is 0 Å². The summed E-state index contributed by atoms with van der Waals surface area (Å²) < 4.78 is 5.81. The Bertz CT molecular complexity index is 1280. The van der Waals surface area contributed by atoms with Crippen molar-refractivity contribution in [1.29, 1.82) is 0 Å². The van der Waals surface area contributed by atoms with E-state index in [0.29, 0.717) is 27.0 Å². The van der Waals surface area contributed by atoms with Crippen molar-refractivity contribution in [2.75, 3.05) is 18.0 Å². The molecule has 1 aliphatic rings. The minimum atomic E-state index is -0.484. The second-order valence-electron chi connectivity index (χ2n) is 7.92. The van der Waals surface area contributed by atoms with E-state index in [9.17, 15) is 14.9 Å². The topological polar surface area (TPSA) is 97.1 Å². The molecule has 4 rings (SSSR count). The summed E-state index contributed by atoms with van der Waals surface area (Å²) in [6.45, 7) is 1.75. The molecular formula is C25H22Cl2N4O4. The number of para-hydroxylation sites is 1. The van der Waals surface area contributed by atoms with Gasteiger partial charge in [-0.1, -0.05) is 47.5 Å². The summed E-state index contributed by atoms with van der Waals surface area (Å²) in [5, 5.41) is 16.5. The van der Waals surface area contributed by atoms with Gasteiger partial charge in [-0.3, -0.25) is 14.9 Å². The Labute approximate surface area is 212 Å². The number of halogens is 2. The number of amides is 1. The highest BCUT2D eigenvalue weighted by Gasteiger charge is 2.22. The van der Waals surface area contributed by atoms with E-state index in [1.54, 1.807) is 54.6 Å². The third-order valence-corrected chi connectivity index (χ3v) is 6.14. The number of benzene rings is 3. The highest BCUT2D eigenvalue weighted by Crippen LogP contribution is 2.31. The molecule has 180 valence electrons. The van der Waals surface area contributed by atoms with Crippen molar-refractivity contribution >= 4 is 46.7 Å². The van der Waals surface area contributed by atoms with Gasteiger partial charge in [0.05, 0.1) is 16.7 Å². The number of hydrazone groups is 1. The Hall–Kier alpha value is -3.62. The number of nitro groups is 1. The van der Waals surface area contributed by atoms with Crippen molar-refractivity contribution in [1.82, 2.24) is 5.43 Å². The molecule has 3 aromatic carbocycles. The molecule has 0 radical (unpaired) electrons. The Kier molecular flexibility index (Phi) is 7.84. The van der Waals surface area contributed by atoms with Crippen LogP contribution in [0.2, 0.25) is 10.0 Å². The molecule has 0 atom stereocenters. The predicted molar refractivity (Wildman–Crippen MR) is 137 cm³/mol. The zero-order chi connectivity index (χ0) is 24.8. The van der Waals surface area contributed by atoms with Crippen LogP contribution < -0.4 is 15.1 Å². The van der Waals surface area contributed by atoms with Crippen LogP contribution in [0, 0.1) is 10.1 Å². The molecule has 1 heterocycles. The van der Waals surface area contributed by atoms with E-state index in [1.807, 2.05) is 4.90 Å². The largest absolute Gasteiger partial charge is 0.488 e. The molecule has 35 heavy (non-hydrogen) atoms. The number of hydrogen-bond donors (Lipinski definition) is 1. The lowest BCUT2D eigenvalue weighted by Gasteiger charge is -2.17. The third kappa shape index (κ3) is 6.09. The van der Waals surface area contributed by atoms with Gasteiger partial charge in [0.25, 0.3) is 11.6 Å². The Morgan fingerprint density at radius 1 is 1.11 bits per heavy atom. The lowest BCUT2D eigenvalue weighted by atomic mass is 10.1. The molecule has 0 saturated carbocycles. The minimum absolute atomic E-state index is 0.0155. The lowest BCUT2D eigenvalue weighted by molar-refractivity contribution is -0.384. The van der Waals surface area contributed by atoms with Crippen LogP contribution in [-0.4, -0.2) is 30.1 Å². The number of anilines is 1. The van der Waals surface area contributed by atoms with Crippen LogP contribution in [0.15, 0.2) is 65.8 Å². The van der Waals surface area contributed by atoms with Crippen LogP contribution in [0.4, 0.5) is 11.4 Å². The quantitative estimate of drug-likeness (QED) is 0.232. The van der Waals surface area contributed by atoms with Crippen LogP contribution in [0.3, 0.4) is 0 Å². The van der Waals surface area contributed by atoms with Crippen molar-refractivity contribution in [3.05, 3.63) is 97.5 Å². The number of nitro benzene ring substituents is 1. The van der Waals surface area contributed by atoms with E-state index < -0.39 is 10.8 Å². The Balaban J connectivity index is 1.43. The summed E-state index contributed by atoms with van der Waals surface area (Å²) >= 11 is 12.1. The molecule has 0 aliphatic carbocycles. The Morgan fingerprint density at radius 2 is 1.89 bits per heavy atom. The van der Waals surface area contributed by atoms with E-state index in [2.05, 4.69) is 10.5 Å². The number of ether oxygens (including phenoxy) is 1. The van der Waals surface area contributed by atoms with Crippen molar-refractivity contribution in [2.24, 2.45) is 5.10 Å². The van der Waals surface area contributed by atoms with Crippen LogP contribution in [0.1, 0.15) is 34.3 Å². The first-order valence-corrected chi connectivity index (χ1v) is 11.7. The van der Waals surface area contributed by atoms with Gasteiger partial charge in [-0.25, -0.2) is 5.43 Å². The summed E-state index contributed by atoms with van der Waals surface area (Å²) in [6, 6.07) is 16.7. The van der Waals surface area contributed by atoms with Crippen LogP contribution in [0.5, 0.6) is 5.75 Å². The standard InChI is InChI=1S/C25H22Cl2N4O4/c26-19-9-8-18(21(27)14-19)16-35-24-6-2-1-5-20(24)25(32)29-28-15-17-7-10-22(23(13-17)31(33)34)30-11-3-4-12-30/h1-2,5-10,13-15H,3-4,11-12,16H2,(H,29,32)/b28-15+. The van der Waals surface area contributed by atoms with E-state index in [4.69, 9.17) is 27.9 Å². The van der Waals surface area contributed by atoms with Crippen molar-refractivity contribution in [3.8, 4) is 5.75 Å². The first kappa shape index (κ1) is 24.5. The molecule has 1 saturated heterocycles. The van der Waals surface area contributed by atoms with Crippen LogP contribution >= 0.6 is 23.2 Å². The maximum atomic E-state index is 12.7. The zero-order valence-corrected chi connectivity index (χ0v) is 20.1. The number of carbonyl (C=O) groups is 1. The van der Waals surface area contributed by atoms with Gasteiger partial charge in [-0.15, -0.1) is 0 Å². The zero-order valence-electron chi connectivity index (χ0n) is 18.6. The number of nitrogens with zero attached hydrogens (tertiary/aromatic N) is 3. The molecule has 0 aromatic heterocycles. The fourth-order valence-corrected chi connectivity index (χ4v) is 4.26. The third-order valence-electron chi connectivity index (χ3n) is 5.55. The van der Waals surface area contributed by atoms with Gasteiger partial charge in [0, 0.05) is 40.3 Å². The molecule has 0 unspecified atom stereocenters. The molecule has 0 bridgehead atoms. The SMILES string of the molecule is O=C(N/N=C/c1ccc(N2CCCC2)c([N+](=O)[O-])c1)c1ccccc1OCc1ccc(Cl)cc1Cl. The monoisotopic (exact) mass is 512 g/mol. The summed E-state index contributed by atoms with van der Waals surface area (Å²) in [6.07, 6.45) is 3.41. The summed E-state index contributed by atoms with van der Waals surface area (Å²) in [4.78, 5) is 25.9. The normalized spacial score (nSPS) is 13.3. The molecule has 1 N–H and O–H groups in total. The second kappa shape index (κ2) is 11.2. The van der Waals surface area contributed by atoms with Gasteiger partial charge < -0.3 is 9.64 Å².